The third-order valence-corrected chi connectivity index (χ3v) is 8.55. The molecule has 2 fully saturated rings. The highest BCUT2D eigenvalue weighted by molar-refractivity contribution is 7.52. The van der Waals surface area contributed by atoms with Crippen LogP contribution in [-0.2, 0) is 30.0 Å². The molecule has 5 atom stereocenters. The van der Waals surface area contributed by atoms with Crippen LogP contribution in [0.25, 0.3) is 0 Å². The number of aromatic nitrogens is 2. The summed E-state index contributed by atoms with van der Waals surface area (Å²) in [5.74, 6) is -1.69. The van der Waals surface area contributed by atoms with E-state index in [1.807, 2.05) is 23.2 Å². The van der Waals surface area contributed by atoms with Crippen molar-refractivity contribution in [3.8, 4) is 5.75 Å². The average Bonchev–Trinajstić information content (AvgIpc) is 3.60. The Labute approximate surface area is 233 Å². The van der Waals surface area contributed by atoms with Crippen molar-refractivity contribution in [3.05, 3.63) is 99.1 Å². The molecule has 1 saturated carbocycles. The first-order chi connectivity index (χ1) is 19.6. The molecule has 2 aromatic carbocycles. The highest BCUT2D eigenvalue weighted by atomic mass is 31.2. The number of ether oxygens (including phenoxy) is 2. The number of carbonyl (C=O) groups is 1. The summed E-state index contributed by atoms with van der Waals surface area (Å²) in [4.78, 5) is 38.3. The maximum absolute atomic E-state index is 14.1. The fourth-order valence-electron chi connectivity index (χ4n) is 4.60. The normalized spacial score (nSPS) is 23.3. The van der Waals surface area contributed by atoms with Gasteiger partial charge in [0.1, 0.15) is 36.3 Å². The largest absolute Gasteiger partial charge is 0.460 e. The Morgan fingerprint density at radius 2 is 1.85 bits per heavy atom. The van der Waals surface area contributed by atoms with E-state index in [0.29, 0.717) is 19.0 Å². The molecule has 1 saturated heterocycles. The predicted molar refractivity (Wildman–Crippen MR) is 142 cm³/mol. The number of nitrogens with one attached hydrogen (secondary N) is 2. The molecule has 1 aliphatic carbocycles. The molecule has 1 aromatic heterocycles. The van der Waals surface area contributed by atoms with Gasteiger partial charge >= 0.3 is 19.4 Å². The average molecular weight is 590 g/mol. The van der Waals surface area contributed by atoms with E-state index >= 15 is 0 Å². The zero-order valence-electron chi connectivity index (χ0n) is 22.0. The third kappa shape index (κ3) is 6.66. The summed E-state index contributed by atoms with van der Waals surface area (Å²) in [6, 6.07) is 16.1. The summed E-state index contributed by atoms with van der Waals surface area (Å²) in [5.41, 5.74) is -2.62. The molecule has 0 radical (unpaired) electrons. The lowest BCUT2D eigenvalue weighted by molar-refractivity contribution is -0.146. The number of carbonyl (C=O) groups excluding carboxylic acids is 1. The van der Waals surface area contributed by atoms with Crippen molar-refractivity contribution in [3.63, 3.8) is 0 Å². The Hall–Kier alpha value is -3.61. The lowest BCUT2D eigenvalue weighted by atomic mass is 10.1. The maximum atomic E-state index is 14.1. The minimum Gasteiger partial charge on any atom is -0.460 e. The number of halogens is 1. The number of aliphatic hydroxyl groups excluding tert-OH is 1. The molecule has 41 heavy (non-hydrogen) atoms. The highest BCUT2D eigenvalue weighted by Gasteiger charge is 2.61. The third-order valence-electron chi connectivity index (χ3n) is 6.79. The molecular weight excluding hydrogens is 560 g/mol. The van der Waals surface area contributed by atoms with E-state index in [1.165, 1.54) is 6.92 Å². The zero-order valence-corrected chi connectivity index (χ0v) is 22.9. The fourth-order valence-corrected chi connectivity index (χ4v) is 6.49. The quantitative estimate of drug-likeness (QED) is 0.224. The summed E-state index contributed by atoms with van der Waals surface area (Å²) in [7, 11) is -4.32. The molecule has 5 rings (SSSR count). The molecule has 1 aliphatic heterocycles. The van der Waals surface area contributed by atoms with Gasteiger partial charge in [0.25, 0.3) is 5.56 Å². The van der Waals surface area contributed by atoms with Gasteiger partial charge in [-0.15, -0.1) is 0 Å². The van der Waals surface area contributed by atoms with Crippen molar-refractivity contribution >= 4 is 13.7 Å². The van der Waals surface area contributed by atoms with Crippen LogP contribution in [0.1, 0.15) is 38.0 Å². The second kappa shape index (κ2) is 11.7. The number of esters is 1. The molecule has 3 N–H and O–H groups in total. The van der Waals surface area contributed by atoms with E-state index in [-0.39, 0.29) is 18.8 Å². The second-order valence-corrected chi connectivity index (χ2v) is 11.6. The van der Waals surface area contributed by atoms with Crippen molar-refractivity contribution in [2.45, 2.75) is 62.9 Å². The van der Waals surface area contributed by atoms with Gasteiger partial charge in [-0.3, -0.25) is 23.7 Å². The number of aliphatic hydroxyl groups is 1. The smallest absolute Gasteiger partial charge is 0.460 e. The van der Waals surface area contributed by atoms with Crippen molar-refractivity contribution in [2.75, 3.05) is 0 Å². The van der Waals surface area contributed by atoms with Gasteiger partial charge in [0.05, 0.1) is 12.3 Å². The molecule has 2 heterocycles. The monoisotopic (exact) mass is 589 g/mol. The first-order valence-corrected chi connectivity index (χ1v) is 14.5. The molecule has 2 aliphatic rings. The Balaban J connectivity index is 1.33. The second-order valence-electron chi connectivity index (χ2n) is 9.96. The molecule has 0 amide bonds. The molecule has 0 unspecified atom stereocenters. The van der Waals surface area contributed by atoms with Crippen LogP contribution >= 0.6 is 7.75 Å². The summed E-state index contributed by atoms with van der Waals surface area (Å²) in [6.07, 6.45) is -2.19. The minimum absolute atomic E-state index is 0.00847. The first-order valence-electron chi connectivity index (χ1n) is 13.0. The molecule has 218 valence electrons. The lowest BCUT2D eigenvalue weighted by Gasteiger charge is -2.31. The van der Waals surface area contributed by atoms with Crippen LogP contribution in [0.5, 0.6) is 5.75 Å². The predicted octanol–water partition coefficient (Wildman–Crippen LogP) is 2.78. The van der Waals surface area contributed by atoms with E-state index in [4.69, 9.17) is 18.5 Å². The van der Waals surface area contributed by atoms with Crippen LogP contribution in [0, 0.1) is 5.82 Å². The lowest BCUT2D eigenvalue weighted by Crippen LogP contribution is -2.42. The van der Waals surface area contributed by atoms with Gasteiger partial charge in [0, 0.05) is 6.42 Å². The fraction of sp³-hybridized carbons (Fsp3) is 0.370. The molecule has 0 bridgehead atoms. The van der Waals surface area contributed by atoms with Crippen molar-refractivity contribution in [2.24, 2.45) is 0 Å². The summed E-state index contributed by atoms with van der Waals surface area (Å²) < 4.78 is 51.9. The molecule has 14 heteroatoms. The molecule has 12 nitrogen and oxygen atoms in total. The molecule has 3 aromatic rings. The zero-order chi connectivity index (χ0) is 29.2. The SMILES string of the molecule is C[C@H](N[P@@](=O)(Oc1ccccc1)OC1([C@H]2O[C@@H](n3cc(F)c(=O)[nH]c3=O)C[C@@H]2O)CC1)C(=O)OCc1ccccc1. The van der Waals surface area contributed by atoms with E-state index in [9.17, 15) is 28.4 Å². The number of rotatable bonds is 11. The number of nitrogens with zero attached hydrogens (tertiary/aromatic N) is 1. The summed E-state index contributed by atoms with van der Waals surface area (Å²) in [5, 5.41) is 13.5. The van der Waals surface area contributed by atoms with E-state index < -0.39 is 60.9 Å². The van der Waals surface area contributed by atoms with Crippen molar-refractivity contribution < 1.29 is 37.4 Å². The maximum Gasteiger partial charge on any atom is 0.460 e. The van der Waals surface area contributed by atoms with Crippen molar-refractivity contribution in [1.82, 2.24) is 14.6 Å². The Morgan fingerprint density at radius 1 is 1.20 bits per heavy atom. The van der Waals surface area contributed by atoms with Gasteiger partial charge in [-0.1, -0.05) is 48.5 Å². The van der Waals surface area contributed by atoms with Gasteiger partial charge in [-0.2, -0.15) is 9.48 Å². The summed E-state index contributed by atoms with van der Waals surface area (Å²) >= 11 is 0. The standard InChI is InChI=1S/C27H29FN3O9P/c1-17(25(34)37-16-18-8-4-2-5-9-18)30-41(36,39-19-10-6-3-7-11-19)40-27(12-13-27)23-21(32)14-22(38-23)31-15-20(28)24(33)29-26(31)35/h2-11,15,17,21-23,32H,12-14,16H2,1H3,(H,30,36)(H,29,33,35)/t17-,21-,22+,23-,41+/m0/s1. The Morgan fingerprint density at radius 3 is 2.51 bits per heavy atom. The number of hydrogen-bond donors (Lipinski definition) is 3. The van der Waals surface area contributed by atoms with Crippen LogP contribution in [-0.4, -0.2) is 44.5 Å². The number of hydrogen-bond acceptors (Lipinski definition) is 9. The van der Waals surface area contributed by atoms with E-state index in [2.05, 4.69) is 5.09 Å². The van der Waals surface area contributed by atoms with Gasteiger partial charge < -0.3 is 19.1 Å². The molecular formula is C27H29FN3O9P. The summed E-state index contributed by atoms with van der Waals surface area (Å²) in [6.45, 7) is 1.46. The van der Waals surface area contributed by atoms with Gasteiger partial charge in [0.2, 0.25) is 5.82 Å². The van der Waals surface area contributed by atoms with Gasteiger partial charge in [0.15, 0.2) is 0 Å². The van der Waals surface area contributed by atoms with Crippen LogP contribution < -0.4 is 20.9 Å². The number of H-pyrrole nitrogens is 1. The van der Waals surface area contributed by atoms with Gasteiger partial charge in [-0.05, 0) is 37.5 Å². The van der Waals surface area contributed by atoms with E-state index in [1.54, 1.807) is 42.5 Å². The number of aromatic amines is 1. The Bertz CT molecular complexity index is 1540. The topological polar surface area (TPSA) is 158 Å². The van der Waals surface area contributed by atoms with E-state index in [0.717, 1.165) is 10.1 Å². The highest BCUT2D eigenvalue weighted by Crippen LogP contribution is 2.59. The van der Waals surface area contributed by atoms with Crippen LogP contribution in [0.4, 0.5) is 4.39 Å². The minimum atomic E-state index is -4.32. The number of benzene rings is 2. The molecule has 0 spiro atoms. The van der Waals surface area contributed by atoms with Crippen LogP contribution in [0.15, 0.2) is 76.4 Å². The van der Waals surface area contributed by atoms with Crippen LogP contribution in [0.3, 0.4) is 0 Å². The Kier molecular flexibility index (Phi) is 8.25. The number of para-hydroxylation sites is 1. The first kappa shape index (κ1) is 28.9. The van der Waals surface area contributed by atoms with Crippen LogP contribution in [0.2, 0.25) is 0 Å². The van der Waals surface area contributed by atoms with Crippen molar-refractivity contribution in [1.29, 1.82) is 0 Å². The van der Waals surface area contributed by atoms with Gasteiger partial charge in [-0.25, -0.2) is 9.36 Å².